The fraction of sp³-hybridized carbons (Fsp3) is 0.517. The summed E-state index contributed by atoms with van der Waals surface area (Å²) in [6.07, 6.45) is 5.25. The lowest BCUT2D eigenvalue weighted by molar-refractivity contribution is -0.141. The van der Waals surface area contributed by atoms with Crippen molar-refractivity contribution < 1.29 is 27.4 Å². The summed E-state index contributed by atoms with van der Waals surface area (Å²) in [7, 11) is 1.52. The first kappa shape index (κ1) is 32.6. The molecule has 3 rings (SSSR count). The molecule has 1 amide bonds. The fourth-order valence-corrected chi connectivity index (χ4v) is 4.62. The Morgan fingerprint density at radius 1 is 1.33 bits per heavy atom. The molecular formula is C29H40F3N7O3. The molecule has 2 unspecified atom stereocenters. The lowest BCUT2D eigenvalue weighted by Crippen LogP contribution is -2.40. The van der Waals surface area contributed by atoms with Gasteiger partial charge in [-0.1, -0.05) is 44.1 Å². The smallest absolute Gasteiger partial charge is 0.434 e. The van der Waals surface area contributed by atoms with E-state index < -0.39 is 18.1 Å². The largest absolute Gasteiger partial charge is 0.480 e. The third-order valence-electron chi connectivity index (χ3n) is 7.08. The Kier molecular flexibility index (Phi) is 11.1. The van der Waals surface area contributed by atoms with Gasteiger partial charge in [0.1, 0.15) is 11.7 Å². The highest BCUT2D eigenvalue weighted by molar-refractivity contribution is 5.86. The molecule has 2 heterocycles. The quantitative estimate of drug-likeness (QED) is 0.184. The number of ether oxygens (including phenoxy) is 2. The first-order valence-corrected chi connectivity index (χ1v) is 13.9. The number of aromatic nitrogens is 2. The number of hydrogen-bond donors (Lipinski definition) is 2. The van der Waals surface area contributed by atoms with Gasteiger partial charge in [0.15, 0.2) is 30.1 Å². The molecule has 2 aliphatic rings. The summed E-state index contributed by atoms with van der Waals surface area (Å²) >= 11 is 0. The molecule has 4 N–H and O–H groups in total. The van der Waals surface area contributed by atoms with Gasteiger partial charge in [0.25, 0.3) is 5.91 Å². The molecule has 42 heavy (non-hydrogen) atoms. The number of rotatable bonds is 14. The van der Waals surface area contributed by atoms with Crippen molar-refractivity contribution in [1.82, 2.24) is 14.5 Å². The number of nitrogens with zero attached hydrogens (tertiary/aromatic N) is 5. The van der Waals surface area contributed by atoms with E-state index in [1.54, 1.807) is 19.1 Å². The van der Waals surface area contributed by atoms with Crippen molar-refractivity contribution in [2.75, 3.05) is 20.3 Å². The fourth-order valence-electron chi connectivity index (χ4n) is 4.62. The van der Waals surface area contributed by atoms with Gasteiger partial charge in [0.2, 0.25) is 0 Å². The number of carbonyl (C=O) groups excluding carboxylic acids is 1. The topological polar surface area (TPSA) is 133 Å². The second-order valence-electron chi connectivity index (χ2n) is 10.2. The van der Waals surface area contributed by atoms with Gasteiger partial charge in [0, 0.05) is 26.4 Å². The van der Waals surface area contributed by atoms with Crippen molar-refractivity contribution >= 4 is 23.7 Å². The van der Waals surface area contributed by atoms with E-state index in [1.165, 1.54) is 29.0 Å². The molecule has 13 heteroatoms. The Balaban J connectivity index is 1.94. The average Bonchev–Trinajstić information content (AvgIpc) is 3.67. The maximum atomic E-state index is 13.3. The summed E-state index contributed by atoms with van der Waals surface area (Å²) in [4.78, 5) is 27.2. The van der Waals surface area contributed by atoms with Gasteiger partial charge < -0.3 is 25.5 Å². The summed E-state index contributed by atoms with van der Waals surface area (Å²) in [6, 6.07) is 0. The van der Waals surface area contributed by atoms with Crippen LogP contribution in [-0.2, 0) is 27.0 Å². The van der Waals surface area contributed by atoms with Gasteiger partial charge in [-0.25, -0.2) is 15.0 Å². The summed E-state index contributed by atoms with van der Waals surface area (Å²) in [5.74, 6) is 0.728. The van der Waals surface area contributed by atoms with Crippen LogP contribution in [0, 0.1) is 11.8 Å². The molecule has 0 saturated heterocycles. The standard InChI is InChI=1S/C29H40F3N7O3/c1-6-20(26-36-23(29(30,31)32)15-38(26)8-3)12-9-18(4)14-39-24(40)16-42-22(7-2)27(39)37-25(34)21(13-19-10-11-19)28(41-5)35-17-33/h7,9,12,15,17,19,21,28H,2,6,8,10-11,13-14,16H2,1,3-5H3,(H2,33,35)(H2,34,37)/b18-9+,20-12+. The Morgan fingerprint density at radius 3 is 2.60 bits per heavy atom. The Hall–Kier alpha value is -3.87. The third kappa shape index (κ3) is 8.11. The molecule has 2 atom stereocenters. The highest BCUT2D eigenvalue weighted by atomic mass is 19.4. The number of carbonyl (C=O) groups is 1. The maximum Gasteiger partial charge on any atom is 0.434 e. The van der Waals surface area contributed by atoms with E-state index in [0.29, 0.717) is 36.6 Å². The minimum atomic E-state index is -4.54. The minimum absolute atomic E-state index is 0.136. The normalized spacial score (nSPS) is 19.0. The average molecular weight is 592 g/mol. The molecule has 1 aliphatic carbocycles. The van der Waals surface area contributed by atoms with Crippen molar-refractivity contribution in [1.29, 1.82) is 0 Å². The molecule has 0 bridgehead atoms. The number of hydrogen-bond acceptors (Lipinski definition) is 6. The third-order valence-corrected chi connectivity index (χ3v) is 7.08. The van der Waals surface area contributed by atoms with Crippen molar-refractivity contribution in [3.05, 3.63) is 59.7 Å². The van der Waals surface area contributed by atoms with Crippen molar-refractivity contribution in [2.24, 2.45) is 33.3 Å². The van der Waals surface area contributed by atoms with E-state index in [9.17, 15) is 18.0 Å². The molecule has 0 aromatic carbocycles. The van der Waals surface area contributed by atoms with Gasteiger partial charge in [-0.05, 0) is 44.3 Å². The molecule has 0 radical (unpaired) electrons. The molecule has 0 spiro atoms. The van der Waals surface area contributed by atoms with E-state index in [-0.39, 0.29) is 42.5 Å². The molecule has 1 aromatic heterocycles. The Labute approximate surface area is 244 Å². The number of alkyl halides is 3. The number of methoxy groups -OCH3 is 1. The molecule has 10 nitrogen and oxygen atoms in total. The number of imidazole rings is 1. The van der Waals surface area contributed by atoms with Crippen LogP contribution >= 0.6 is 0 Å². The van der Waals surface area contributed by atoms with Gasteiger partial charge in [-0.15, -0.1) is 0 Å². The van der Waals surface area contributed by atoms with E-state index >= 15 is 0 Å². The van der Waals surface area contributed by atoms with Crippen molar-refractivity contribution in [3.63, 3.8) is 0 Å². The number of amides is 1. The summed E-state index contributed by atoms with van der Waals surface area (Å²) < 4.78 is 52.5. The number of aryl methyl sites for hydroxylation is 1. The van der Waals surface area contributed by atoms with Crippen LogP contribution in [0.1, 0.15) is 58.0 Å². The number of nitrogens with two attached hydrogens (primary N) is 2. The molecule has 1 fully saturated rings. The Morgan fingerprint density at radius 2 is 2.05 bits per heavy atom. The monoisotopic (exact) mass is 591 g/mol. The highest BCUT2D eigenvalue weighted by Gasteiger charge is 2.36. The van der Waals surface area contributed by atoms with Crippen LogP contribution in [0.4, 0.5) is 13.2 Å². The summed E-state index contributed by atoms with van der Waals surface area (Å²) in [6.45, 7) is 9.47. The second-order valence-corrected chi connectivity index (χ2v) is 10.2. The van der Waals surface area contributed by atoms with E-state index in [1.807, 2.05) is 13.8 Å². The molecule has 230 valence electrons. The lowest BCUT2D eigenvalue weighted by Gasteiger charge is -2.30. The number of aliphatic imine (C=N–C) groups is 2. The zero-order valence-electron chi connectivity index (χ0n) is 24.5. The molecular weight excluding hydrogens is 551 g/mol. The second kappa shape index (κ2) is 14.3. The number of halogens is 3. The zero-order valence-corrected chi connectivity index (χ0v) is 24.5. The molecule has 1 aromatic rings. The van der Waals surface area contributed by atoms with Crippen LogP contribution in [0.25, 0.3) is 5.57 Å². The van der Waals surface area contributed by atoms with Crippen molar-refractivity contribution in [3.8, 4) is 0 Å². The van der Waals surface area contributed by atoms with Crippen molar-refractivity contribution in [2.45, 2.75) is 65.4 Å². The first-order chi connectivity index (χ1) is 20.0. The van der Waals surface area contributed by atoms with Crippen LogP contribution in [0.3, 0.4) is 0 Å². The van der Waals surface area contributed by atoms with Gasteiger partial charge in [-0.2, -0.15) is 13.2 Å². The zero-order chi connectivity index (χ0) is 31.0. The first-order valence-electron chi connectivity index (χ1n) is 13.9. The van der Waals surface area contributed by atoms with E-state index in [4.69, 9.17) is 20.9 Å². The van der Waals surface area contributed by atoms with E-state index in [2.05, 4.69) is 21.5 Å². The van der Waals surface area contributed by atoms with Crippen LogP contribution in [0.15, 0.2) is 58.1 Å². The maximum absolute atomic E-state index is 13.3. The minimum Gasteiger partial charge on any atom is -0.480 e. The number of allylic oxidation sites excluding steroid dienone is 4. The van der Waals surface area contributed by atoms with Crippen LogP contribution < -0.4 is 11.5 Å². The van der Waals surface area contributed by atoms with Crippen LogP contribution in [0.2, 0.25) is 0 Å². The molecule has 1 saturated carbocycles. The summed E-state index contributed by atoms with van der Waals surface area (Å²) in [5.41, 5.74) is 12.5. The summed E-state index contributed by atoms with van der Waals surface area (Å²) in [5, 5.41) is 0. The van der Waals surface area contributed by atoms with E-state index in [0.717, 1.165) is 24.6 Å². The molecule has 1 aliphatic heterocycles. The van der Waals surface area contributed by atoms with Crippen LogP contribution in [0.5, 0.6) is 0 Å². The predicted octanol–water partition coefficient (Wildman–Crippen LogP) is 4.61. The SMILES string of the molecule is C=CC1=C(/N=C(\N)C(CC2CC2)C(/N=C\N)OC)N(C/C(C)=C/C=C(\CC)c2nc(C(F)(F)F)cn2CC)C(=O)CO1. The van der Waals surface area contributed by atoms with Gasteiger partial charge in [-0.3, -0.25) is 9.69 Å². The Bertz CT molecular complexity index is 1290. The lowest BCUT2D eigenvalue weighted by atomic mass is 9.99. The predicted molar refractivity (Wildman–Crippen MR) is 156 cm³/mol. The number of amidine groups is 1. The van der Waals surface area contributed by atoms with Gasteiger partial charge >= 0.3 is 6.18 Å². The van der Waals surface area contributed by atoms with Gasteiger partial charge in [0.05, 0.1) is 12.3 Å². The highest BCUT2D eigenvalue weighted by Crippen LogP contribution is 2.37. The van der Waals surface area contributed by atoms with Crippen LogP contribution in [-0.4, -0.2) is 59.0 Å².